The molecule has 1 heterocycles. The van der Waals surface area contributed by atoms with Gasteiger partial charge in [-0.2, -0.15) is 0 Å². The van der Waals surface area contributed by atoms with E-state index in [0.717, 1.165) is 23.5 Å². The van der Waals surface area contributed by atoms with E-state index in [1.165, 1.54) is 12.8 Å². The van der Waals surface area contributed by atoms with E-state index in [1.54, 1.807) is 0 Å². The van der Waals surface area contributed by atoms with Crippen LogP contribution in [-0.2, 0) is 0 Å². The molecule has 2 nitrogen and oxygen atoms in total. The second-order valence-electron chi connectivity index (χ2n) is 5.67. The molecule has 94 valence electrons. The monoisotopic (exact) mass is 242 g/mol. The van der Waals surface area contributed by atoms with E-state index in [4.69, 9.17) is 0 Å². The van der Waals surface area contributed by atoms with E-state index < -0.39 is 0 Å². The fourth-order valence-corrected chi connectivity index (χ4v) is 2.62. The molecule has 1 rings (SSSR count). The quantitative estimate of drug-likeness (QED) is 0.797. The summed E-state index contributed by atoms with van der Waals surface area (Å²) in [5, 5.41) is 5.38. The topological polar surface area (TPSA) is 24.4 Å². The highest BCUT2D eigenvalue weighted by Crippen LogP contribution is 2.27. The zero-order chi connectivity index (χ0) is 12.2. The van der Waals surface area contributed by atoms with Crippen molar-refractivity contribution in [3.63, 3.8) is 0 Å². The van der Waals surface area contributed by atoms with Gasteiger partial charge < -0.3 is 5.32 Å². The van der Waals surface area contributed by atoms with Crippen molar-refractivity contribution in [1.82, 2.24) is 5.32 Å². The van der Waals surface area contributed by atoms with Crippen LogP contribution in [-0.4, -0.2) is 23.5 Å². The third-order valence-electron chi connectivity index (χ3n) is 3.59. The van der Waals surface area contributed by atoms with E-state index >= 15 is 0 Å². The van der Waals surface area contributed by atoms with E-state index in [9.17, 15) is 0 Å². The number of aliphatic imine (C=N–C) groups is 1. The lowest BCUT2D eigenvalue weighted by molar-refractivity contribution is 0.251. The minimum atomic E-state index is 0.339. The molecule has 0 aromatic carbocycles. The van der Waals surface area contributed by atoms with E-state index in [1.807, 2.05) is 11.8 Å². The number of amidine groups is 1. The maximum absolute atomic E-state index is 4.57. The van der Waals surface area contributed by atoms with Crippen molar-refractivity contribution in [2.45, 2.75) is 52.7 Å². The van der Waals surface area contributed by atoms with Crippen LogP contribution in [0, 0.1) is 11.3 Å². The Balaban J connectivity index is 2.30. The normalized spacial score (nSPS) is 21.4. The van der Waals surface area contributed by atoms with Crippen LogP contribution in [0.4, 0.5) is 0 Å². The second-order valence-corrected chi connectivity index (χ2v) is 6.96. The Hall–Kier alpha value is -0.180. The standard InChI is InChI=1S/C13H26N2S/c1-6-7-11-8-14-12(16-11)15-9-13(4,5)10(2)3/h10-11H,6-9H2,1-5H3,(H,14,15). The van der Waals surface area contributed by atoms with Gasteiger partial charge in [0, 0.05) is 11.8 Å². The molecule has 1 N–H and O–H groups in total. The van der Waals surface area contributed by atoms with Crippen molar-refractivity contribution in [3.8, 4) is 0 Å². The van der Waals surface area contributed by atoms with Crippen molar-refractivity contribution in [1.29, 1.82) is 0 Å². The number of thioether (sulfide) groups is 1. The summed E-state index contributed by atoms with van der Waals surface area (Å²) in [6, 6.07) is 0. The lowest BCUT2D eigenvalue weighted by Crippen LogP contribution is -2.35. The van der Waals surface area contributed by atoms with Crippen molar-refractivity contribution >= 4 is 16.9 Å². The molecule has 3 heteroatoms. The molecular formula is C13H26N2S. The van der Waals surface area contributed by atoms with Gasteiger partial charge in [0.25, 0.3) is 0 Å². The third-order valence-corrected chi connectivity index (χ3v) is 4.80. The summed E-state index contributed by atoms with van der Waals surface area (Å²) in [5.41, 5.74) is 0.339. The van der Waals surface area contributed by atoms with Crippen LogP contribution in [0.15, 0.2) is 4.99 Å². The maximum atomic E-state index is 4.57. The van der Waals surface area contributed by atoms with Crippen LogP contribution in [0.2, 0.25) is 0 Å². The highest BCUT2D eigenvalue weighted by atomic mass is 32.2. The molecule has 0 bridgehead atoms. The number of hydrogen-bond acceptors (Lipinski definition) is 3. The highest BCUT2D eigenvalue weighted by Gasteiger charge is 2.24. The number of rotatable bonds is 5. The minimum Gasteiger partial charge on any atom is -0.364 e. The molecule has 1 atom stereocenters. The molecule has 1 aliphatic heterocycles. The molecule has 0 fully saturated rings. The Morgan fingerprint density at radius 2 is 2.19 bits per heavy atom. The van der Waals surface area contributed by atoms with Gasteiger partial charge >= 0.3 is 0 Å². The van der Waals surface area contributed by atoms with Gasteiger partial charge in [-0.15, -0.1) is 0 Å². The van der Waals surface area contributed by atoms with Crippen molar-refractivity contribution in [2.75, 3.05) is 13.1 Å². The van der Waals surface area contributed by atoms with Gasteiger partial charge in [-0.05, 0) is 17.8 Å². The molecule has 1 aliphatic rings. The van der Waals surface area contributed by atoms with Gasteiger partial charge in [0.1, 0.15) is 0 Å². The lowest BCUT2D eigenvalue weighted by Gasteiger charge is -2.29. The molecule has 0 saturated carbocycles. The van der Waals surface area contributed by atoms with E-state index in [2.05, 4.69) is 44.9 Å². The van der Waals surface area contributed by atoms with Crippen molar-refractivity contribution in [2.24, 2.45) is 16.3 Å². The Kier molecular flexibility index (Phi) is 5.16. The third kappa shape index (κ3) is 4.00. The molecule has 0 radical (unpaired) electrons. The van der Waals surface area contributed by atoms with Crippen LogP contribution in [0.5, 0.6) is 0 Å². The molecule has 0 saturated heterocycles. The Morgan fingerprint density at radius 1 is 1.50 bits per heavy atom. The fraction of sp³-hybridized carbons (Fsp3) is 0.923. The van der Waals surface area contributed by atoms with Gasteiger partial charge in [-0.25, -0.2) is 0 Å². The first kappa shape index (κ1) is 13.9. The largest absolute Gasteiger partial charge is 0.364 e. The van der Waals surface area contributed by atoms with Crippen LogP contribution in [0.3, 0.4) is 0 Å². The second kappa shape index (κ2) is 5.95. The summed E-state index contributed by atoms with van der Waals surface area (Å²) >= 11 is 1.93. The molecule has 16 heavy (non-hydrogen) atoms. The number of hydrogen-bond donors (Lipinski definition) is 1. The summed E-state index contributed by atoms with van der Waals surface area (Å²) in [6.45, 7) is 13.5. The fourth-order valence-electron chi connectivity index (χ4n) is 1.49. The molecule has 0 amide bonds. The van der Waals surface area contributed by atoms with Crippen LogP contribution >= 0.6 is 11.8 Å². The SMILES string of the molecule is CCCC1CN=C(NCC(C)(C)C(C)C)S1. The van der Waals surface area contributed by atoms with Crippen LogP contribution < -0.4 is 5.32 Å². The molecule has 0 aromatic heterocycles. The summed E-state index contributed by atoms with van der Waals surface area (Å²) in [4.78, 5) is 4.57. The molecule has 0 spiro atoms. The Morgan fingerprint density at radius 3 is 2.75 bits per heavy atom. The van der Waals surface area contributed by atoms with E-state index in [-0.39, 0.29) is 0 Å². The lowest BCUT2D eigenvalue weighted by atomic mass is 9.81. The predicted molar refractivity (Wildman–Crippen MR) is 75.2 cm³/mol. The summed E-state index contributed by atoms with van der Waals surface area (Å²) in [7, 11) is 0. The van der Waals surface area contributed by atoms with Gasteiger partial charge in [0.2, 0.25) is 0 Å². The molecule has 0 aliphatic carbocycles. The average molecular weight is 242 g/mol. The summed E-state index contributed by atoms with van der Waals surface area (Å²) < 4.78 is 0. The maximum Gasteiger partial charge on any atom is 0.156 e. The van der Waals surface area contributed by atoms with Gasteiger partial charge in [-0.3, -0.25) is 4.99 Å². The van der Waals surface area contributed by atoms with Gasteiger partial charge in [0.05, 0.1) is 6.54 Å². The molecule has 0 aromatic rings. The zero-order valence-electron chi connectivity index (χ0n) is 11.3. The zero-order valence-corrected chi connectivity index (χ0v) is 12.2. The van der Waals surface area contributed by atoms with Gasteiger partial charge in [-0.1, -0.05) is 52.8 Å². The Labute approximate surface area is 105 Å². The summed E-state index contributed by atoms with van der Waals surface area (Å²) in [5.74, 6) is 0.693. The Bertz CT molecular complexity index is 246. The first-order valence-electron chi connectivity index (χ1n) is 6.40. The number of nitrogens with one attached hydrogen (secondary N) is 1. The first-order chi connectivity index (χ1) is 7.45. The molecular weight excluding hydrogens is 216 g/mol. The highest BCUT2D eigenvalue weighted by molar-refractivity contribution is 8.14. The van der Waals surface area contributed by atoms with Crippen molar-refractivity contribution in [3.05, 3.63) is 0 Å². The molecule has 1 unspecified atom stereocenters. The van der Waals surface area contributed by atoms with E-state index in [0.29, 0.717) is 11.3 Å². The minimum absolute atomic E-state index is 0.339. The first-order valence-corrected chi connectivity index (χ1v) is 7.28. The van der Waals surface area contributed by atoms with Crippen LogP contribution in [0.25, 0.3) is 0 Å². The predicted octanol–water partition coefficient (Wildman–Crippen LogP) is 3.53. The average Bonchev–Trinajstić information content (AvgIpc) is 2.63. The smallest absolute Gasteiger partial charge is 0.156 e. The summed E-state index contributed by atoms with van der Waals surface area (Å²) in [6.07, 6.45) is 2.55. The number of nitrogens with zero attached hydrogens (tertiary/aromatic N) is 1. The van der Waals surface area contributed by atoms with Crippen molar-refractivity contribution < 1.29 is 0 Å². The van der Waals surface area contributed by atoms with Crippen LogP contribution in [0.1, 0.15) is 47.5 Å². The van der Waals surface area contributed by atoms with Gasteiger partial charge in [0.15, 0.2) is 5.17 Å².